The first-order valence-corrected chi connectivity index (χ1v) is 8.51. The molecule has 2 unspecified atom stereocenters. The van der Waals surface area contributed by atoms with Gasteiger partial charge in [0.1, 0.15) is 0 Å². The first-order valence-electron chi connectivity index (χ1n) is 7.63. The summed E-state index contributed by atoms with van der Waals surface area (Å²) in [5, 5.41) is 7.10. The van der Waals surface area contributed by atoms with Crippen LogP contribution in [0.3, 0.4) is 0 Å². The second-order valence-corrected chi connectivity index (χ2v) is 6.86. The molecule has 0 radical (unpaired) electrons. The van der Waals surface area contributed by atoms with Crippen LogP contribution in [0.2, 0.25) is 0 Å². The van der Waals surface area contributed by atoms with Crippen LogP contribution in [0.15, 0.2) is 5.38 Å². The number of thiazole rings is 1. The maximum Gasteiger partial charge on any atom is 0.0944 e. The fraction of sp³-hybridized carbons (Fsp3) is 0.800. The molecular weight excluding hydrogens is 268 g/mol. The summed E-state index contributed by atoms with van der Waals surface area (Å²) in [5.41, 5.74) is 1.14. The molecule has 0 spiro atoms. The van der Waals surface area contributed by atoms with Gasteiger partial charge in [0.05, 0.1) is 5.01 Å². The summed E-state index contributed by atoms with van der Waals surface area (Å²) < 4.78 is 0. The molecule has 20 heavy (non-hydrogen) atoms. The van der Waals surface area contributed by atoms with Gasteiger partial charge < -0.3 is 15.1 Å². The van der Waals surface area contributed by atoms with Crippen LogP contribution in [0.5, 0.6) is 0 Å². The van der Waals surface area contributed by atoms with Crippen molar-refractivity contribution in [1.29, 1.82) is 0 Å². The second-order valence-electron chi connectivity index (χ2n) is 5.91. The molecule has 1 aromatic heterocycles. The van der Waals surface area contributed by atoms with Crippen LogP contribution in [-0.4, -0.2) is 67.1 Å². The van der Waals surface area contributed by atoms with Gasteiger partial charge >= 0.3 is 0 Å². The van der Waals surface area contributed by atoms with Crippen LogP contribution >= 0.6 is 11.3 Å². The van der Waals surface area contributed by atoms with E-state index in [-0.39, 0.29) is 0 Å². The SMILES string of the molecule is CCNC(Cc1nc(C)cs1)C1CN(C)CCCN1C. The van der Waals surface area contributed by atoms with Gasteiger partial charge in [0.25, 0.3) is 0 Å². The Bertz CT molecular complexity index is 406. The van der Waals surface area contributed by atoms with E-state index in [9.17, 15) is 0 Å². The predicted octanol–water partition coefficient (Wildman–Crippen LogP) is 1.61. The van der Waals surface area contributed by atoms with E-state index >= 15 is 0 Å². The summed E-state index contributed by atoms with van der Waals surface area (Å²) in [4.78, 5) is 9.63. The molecule has 1 aliphatic heterocycles. The lowest BCUT2D eigenvalue weighted by atomic mass is 10.0. The monoisotopic (exact) mass is 296 g/mol. The topological polar surface area (TPSA) is 31.4 Å². The lowest BCUT2D eigenvalue weighted by Crippen LogP contribution is -2.53. The van der Waals surface area contributed by atoms with Gasteiger partial charge in [-0.1, -0.05) is 6.92 Å². The summed E-state index contributed by atoms with van der Waals surface area (Å²) in [6, 6.07) is 1.04. The summed E-state index contributed by atoms with van der Waals surface area (Å²) in [5.74, 6) is 0. The molecule has 2 atom stereocenters. The van der Waals surface area contributed by atoms with E-state index in [0.29, 0.717) is 12.1 Å². The largest absolute Gasteiger partial charge is 0.312 e. The number of nitrogens with zero attached hydrogens (tertiary/aromatic N) is 3. The van der Waals surface area contributed by atoms with Crippen LogP contribution in [0.4, 0.5) is 0 Å². The molecule has 0 bridgehead atoms. The third-order valence-electron chi connectivity index (χ3n) is 4.11. The van der Waals surface area contributed by atoms with E-state index in [2.05, 4.69) is 53.4 Å². The molecule has 0 aliphatic carbocycles. The smallest absolute Gasteiger partial charge is 0.0944 e. The maximum atomic E-state index is 4.64. The fourth-order valence-corrected chi connectivity index (χ4v) is 3.86. The molecule has 2 rings (SSSR count). The number of rotatable bonds is 5. The summed E-state index contributed by atoms with van der Waals surface area (Å²) in [6.07, 6.45) is 2.30. The zero-order chi connectivity index (χ0) is 14.5. The average Bonchev–Trinajstić information content (AvgIpc) is 2.72. The van der Waals surface area contributed by atoms with Crippen molar-refractivity contribution in [2.24, 2.45) is 0 Å². The van der Waals surface area contributed by atoms with Crippen molar-refractivity contribution in [2.75, 3.05) is 40.3 Å². The van der Waals surface area contributed by atoms with Gasteiger partial charge in [-0.2, -0.15) is 0 Å². The number of aromatic nitrogens is 1. The second kappa shape index (κ2) is 7.50. The molecule has 1 saturated heterocycles. The minimum atomic E-state index is 0.483. The van der Waals surface area contributed by atoms with Gasteiger partial charge in [-0.25, -0.2) is 4.98 Å². The normalized spacial score (nSPS) is 23.7. The Balaban J connectivity index is 2.08. The first kappa shape index (κ1) is 15.9. The minimum Gasteiger partial charge on any atom is -0.312 e. The van der Waals surface area contributed by atoms with Crippen molar-refractivity contribution >= 4 is 11.3 Å². The molecule has 2 heterocycles. The van der Waals surface area contributed by atoms with E-state index in [1.807, 2.05) is 0 Å². The van der Waals surface area contributed by atoms with E-state index in [1.54, 1.807) is 11.3 Å². The van der Waals surface area contributed by atoms with Gasteiger partial charge in [0.2, 0.25) is 0 Å². The molecule has 4 nitrogen and oxygen atoms in total. The summed E-state index contributed by atoms with van der Waals surface area (Å²) in [7, 11) is 4.50. The minimum absolute atomic E-state index is 0.483. The van der Waals surface area contributed by atoms with Gasteiger partial charge in [-0.15, -0.1) is 11.3 Å². The highest BCUT2D eigenvalue weighted by Gasteiger charge is 2.28. The van der Waals surface area contributed by atoms with Gasteiger partial charge in [0, 0.05) is 36.1 Å². The molecule has 1 aromatic rings. The Hall–Kier alpha value is -0.490. The highest BCUT2D eigenvalue weighted by Crippen LogP contribution is 2.17. The Kier molecular flexibility index (Phi) is 5.96. The lowest BCUT2D eigenvalue weighted by Gasteiger charge is -2.34. The number of hydrogen-bond acceptors (Lipinski definition) is 5. The first-order chi connectivity index (χ1) is 9.60. The predicted molar refractivity (Wildman–Crippen MR) is 86.6 cm³/mol. The van der Waals surface area contributed by atoms with Crippen molar-refractivity contribution in [3.05, 3.63) is 16.1 Å². The molecule has 0 saturated carbocycles. The number of hydrogen-bond donors (Lipinski definition) is 1. The molecule has 1 N–H and O–H groups in total. The highest BCUT2D eigenvalue weighted by molar-refractivity contribution is 7.09. The van der Waals surface area contributed by atoms with Crippen molar-refractivity contribution in [3.8, 4) is 0 Å². The molecule has 1 fully saturated rings. The number of nitrogens with one attached hydrogen (secondary N) is 1. The molecule has 0 aromatic carbocycles. The van der Waals surface area contributed by atoms with Crippen LogP contribution in [0.25, 0.3) is 0 Å². The molecule has 5 heteroatoms. The Morgan fingerprint density at radius 2 is 2.25 bits per heavy atom. The molecular formula is C15H28N4S. The van der Waals surface area contributed by atoms with Gasteiger partial charge in [-0.05, 0) is 47.1 Å². The zero-order valence-corrected chi connectivity index (χ0v) is 14.0. The standard InChI is InChI=1S/C15H28N4S/c1-5-16-13(9-15-17-12(2)11-20-15)14-10-18(3)7-6-8-19(14)4/h11,13-14,16H,5-10H2,1-4H3. The van der Waals surface area contributed by atoms with Crippen molar-refractivity contribution in [1.82, 2.24) is 20.1 Å². The summed E-state index contributed by atoms with van der Waals surface area (Å²) in [6.45, 7) is 8.82. The van der Waals surface area contributed by atoms with Crippen LogP contribution < -0.4 is 5.32 Å². The Morgan fingerprint density at radius 3 is 2.90 bits per heavy atom. The van der Waals surface area contributed by atoms with Crippen molar-refractivity contribution in [2.45, 2.75) is 38.8 Å². The average molecular weight is 296 g/mol. The lowest BCUT2D eigenvalue weighted by molar-refractivity contribution is 0.178. The number of likely N-dealkylation sites (N-methyl/N-ethyl adjacent to an activating group) is 3. The summed E-state index contributed by atoms with van der Waals surface area (Å²) >= 11 is 1.79. The third-order valence-corrected chi connectivity index (χ3v) is 5.10. The van der Waals surface area contributed by atoms with E-state index in [0.717, 1.165) is 25.2 Å². The number of aryl methyl sites for hydroxylation is 1. The van der Waals surface area contributed by atoms with Crippen LogP contribution in [0.1, 0.15) is 24.0 Å². The Morgan fingerprint density at radius 1 is 1.45 bits per heavy atom. The quantitative estimate of drug-likeness (QED) is 0.894. The van der Waals surface area contributed by atoms with Crippen molar-refractivity contribution < 1.29 is 0 Å². The zero-order valence-electron chi connectivity index (χ0n) is 13.2. The van der Waals surface area contributed by atoms with Crippen LogP contribution in [0, 0.1) is 6.92 Å². The maximum absolute atomic E-state index is 4.64. The van der Waals surface area contributed by atoms with E-state index in [1.165, 1.54) is 24.5 Å². The van der Waals surface area contributed by atoms with Crippen molar-refractivity contribution in [3.63, 3.8) is 0 Å². The third kappa shape index (κ3) is 4.25. The molecule has 1 aliphatic rings. The molecule has 0 amide bonds. The molecule has 114 valence electrons. The van der Waals surface area contributed by atoms with E-state index < -0.39 is 0 Å². The van der Waals surface area contributed by atoms with Gasteiger partial charge in [-0.3, -0.25) is 0 Å². The van der Waals surface area contributed by atoms with E-state index in [4.69, 9.17) is 0 Å². The highest BCUT2D eigenvalue weighted by atomic mass is 32.1. The Labute approximate surface area is 127 Å². The van der Waals surface area contributed by atoms with Gasteiger partial charge in [0.15, 0.2) is 0 Å². The van der Waals surface area contributed by atoms with Crippen LogP contribution in [-0.2, 0) is 6.42 Å². The fourth-order valence-electron chi connectivity index (χ4n) is 3.03.